The van der Waals surface area contributed by atoms with Gasteiger partial charge in [0.05, 0.1) is 0 Å². The fourth-order valence-corrected chi connectivity index (χ4v) is 2.67. The topological polar surface area (TPSA) is 42.2 Å². The summed E-state index contributed by atoms with van der Waals surface area (Å²) < 4.78 is 1.02. The van der Waals surface area contributed by atoms with Crippen molar-refractivity contribution in [2.75, 3.05) is 18.0 Å². The largest absolute Gasteiger partial charge is 0.352 e. The van der Waals surface area contributed by atoms with Crippen LogP contribution in [0.5, 0.6) is 0 Å². The molecule has 2 heterocycles. The third kappa shape index (κ3) is 2.38. The van der Waals surface area contributed by atoms with Crippen molar-refractivity contribution in [1.82, 2.24) is 4.98 Å². The fraction of sp³-hybridized carbons (Fsp3) is 0.583. The Morgan fingerprint density at radius 3 is 3.00 bits per heavy atom. The lowest BCUT2D eigenvalue weighted by Gasteiger charge is -2.40. The predicted molar refractivity (Wildman–Crippen MR) is 70.5 cm³/mol. The maximum atomic E-state index is 5.87. The number of nitrogens with two attached hydrogens (primary N) is 1. The molecule has 1 saturated heterocycles. The Balaban J connectivity index is 2.20. The minimum atomic E-state index is 0.433. The number of anilines is 1. The van der Waals surface area contributed by atoms with Crippen molar-refractivity contribution in [3.8, 4) is 0 Å². The molecule has 0 aromatic carbocycles. The summed E-state index contributed by atoms with van der Waals surface area (Å²) in [6.45, 7) is 4.06. The Hall–Kier alpha value is -0.610. The Morgan fingerprint density at radius 1 is 1.56 bits per heavy atom. The number of rotatable bonds is 2. The van der Waals surface area contributed by atoms with E-state index in [1.165, 1.54) is 12.8 Å². The first-order valence-electron chi connectivity index (χ1n) is 5.80. The van der Waals surface area contributed by atoms with E-state index in [1.807, 2.05) is 12.3 Å². The SMILES string of the molecule is CC1CCCN(c2ccc(Br)cn2)C1CN. The van der Waals surface area contributed by atoms with Crippen molar-refractivity contribution in [3.63, 3.8) is 0 Å². The first-order valence-corrected chi connectivity index (χ1v) is 6.60. The van der Waals surface area contributed by atoms with Gasteiger partial charge in [0.2, 0.25) is 0 Å². The van der Waals surface area contributed by atoms with Crippen LogP contribution in [0.15, 0.2) is 22.8 Å². The van der Waals surface area contributed by atoms with Crippen LogP contribution in [-0.4, -0.2) is 24.1 Å². The lowest BCUT2D eigenvalue weighted by Crippen LogP contribution is -2.49. The Bertz CT molecular complexity index is 339. The molecule has 2 unspecified atom stereocenters. The standard InChI is InChI=1S/C12H18BrN3/c1-9-3-2-6-16(11(9)7-14)12-5-4-10(13)8-15-12/h4-5,8-9,11H,2-3,6-7,14H2,1H3. The highest BCUT2D eigenvalue weighted by Gasteiger charge is 2.27. The van der Waals surface area contributed by atoms with Gasteiger partial charge in [-0.25, -0.2) is 4.98 Å². The highest BCUT2D eigenvalue weighted by molar-refractivity contribution is 9.10. The first-order chi connectivity index (χ1) is 7.72. The monoisotopic (exact) mass is 283 g/mol. The molecule has 2 atom stereocenters. The first kappa shape index (κ1) is 11.9. The predicted octanol–water partition coefficient (Wildman–Crippen LogP) is 2.41. The minimum absolute atomic E-state index is 0.433. The molecule has 0 amide bonds. The highest BCUT2D eigenvalue weighted by atomic mass is 79.9. The normalized spacial score (nSPS) is 25.8. The lowest BCUT2D eigenvalue weighted by molar-refractivity contribution is 0.348. The van der Waals surface area contributed by atoms with Gasteiger partial charge in [0.25, 0.3) is 0 Å². The summed E-state index contributed by atoms with van der Waals surface area (Å²) in [6.07, 6.45) is 4.35. The van der Waals surface area contributed by atoms with E-state index in [-0.39, 0.29) is 0 Å². The van der Waals surface area contributed by atoms with E-state index in [2.05, 4.69) is 38.8 Å². The summed E-state index contributed by atoms with van der Waals surface area (Å²) in [5.41, 5.74) is 5.87. The molecule has 1 aliphatic heterocycles. The van der Waals surface area contributed by atoms with Gasteiger partial charge in [-0.1, -0.05) is 6.92 Å². The van der Waals surface area contributed by atoms with Crippen molar-refractivity contribution in [2.24, 2.45) is 11.7 Å². The fourth-order valence-electron chi connectivity index (χ4n) is 2.43. The van der Waals surface area contributed by atoms with E-state index in [9.17, 15) is 0 Å². The maximum Gasteiger partial charge on any atom is 0.128 e. The molecule has 1 aromatic rings. The van der Waals surface area contributed by atoms with Crippen LogP contribution in [0.3, 0.4) is 0 Å². The quantitative estimate of drug-likeness (QED) is 0.906. The van der Waals surface area contributed by atoms with Crippen LogP contribution in [-0.2, 0) is 0 Å². The molecule has 88 valence electrons. The van der Waals surface area contributed by atoms with E-state index in [4.69, 9.17) is 5.73 Å². The summed E-state index contributed by atoms with van der Waals surface area (Å²) in [5, 5.41) is 0. The van der Waals surface area contributed by atoms with Crippen molar-refractivity contribution in [1.29, 1.82) is 0 Å². The molecule has 1 aliphatic rings. The van der Waals surface area contributed by atoms with Gasteiger partial charge in [0, 0.05) is 29.8 Å². The number of halogens is 1. The van der Waals surface area contributed by atoms with E-state index >= 15 is 0 Å². The van der Waals surface area contributed by atoms with Crippen molar-refractivity contribution < 1.29 is 0 Å². The van der Waals surface area contributed by atoms with Gasteiger partial charge in [-0.2, -0.15) is 0 Å². The summed E-state index contributed by atoms with van der Waals surface area (Å²) in [7, 11) is 0. The van der Waals surface area contributed by atoms with E-state index in [0.717, 1.165) is 16.8 Å². The molecule has 0 radical (unpaired) electrons. The average Bonchev–Trinajstić information content (AvgIpc) is 2.30. The van der Waals surface area contributed by atoms with E-state index in [1.54, 1.807) is 0 Å². The molecular weight excluding hydrogens is 266 g/mol. The van der Waals surface area contributed by atoms with Crippen LogP contribution >= 0.6 is 15.9 Å². The molecule has 2 rings (SSSR count). The van der Waals surface area contributed by atoms with Crippen LogP contribution in [0.25, 0.3) is 0 Å². The highest BCUT2D eigenvalue weighted by Crippen LogP contribution is 2.27. The molecule has 1 aromatic heterocycles. The lowest BCUT2D eigenvalue weighted by atomic mass is 9.91. The molecule has 4 heteroatoms. The van der Waals surface area contributed by atoms with Crippen LogP contribution < -0.4 is 10.6 Å². The summed E-state index contributed by atoms with van der Waals surface area (Å²) in [5.74, 6) is 1.70. The molecule has 0 bridgehead atoms. The van der Waals surface area contributed by atoms with Crippen LogP contribution in [0, 0.1) is 5.92 Å². The molecule has 16 heavy (non-hydrogen) atoms. The maximum absolute atomic E-state index is 5.87. The van der Waals surface area contributed by atoms with E-state index in [0.29, 0.717) is 18.5 Å². The molecule has 0 aliphatic carbocycles. The Morgan fingerprint density at radius 2 is 2.38 bits per heavy atom. The van der Waals surface area contributed by atoms with Gasteiger partial charge in [0.1, 0.15) is 5.82 Å². The Labute approximate surface area is 105 Å². The second kappa shape index (κ2) is 5.15. The van der Waals surface area contributed by atoms with Gasteiger partial charge in [-0.15, -0.1) is 0 Å². The number of hydrogen-bond acceptors (Lipinski definition) is 3. The summed E-state index contributed by atoms with van der Waals surface area (Å²) in [6, 6.07) is 4.53. The van der Waals surface area contributed by atoms with Crippen molar-refractivity contribution >= 4 is 21.7 Å². The zero-order chi connectivity index (χ0) is 11.5. The number of hydrogen-bond donors (Lipinski definition) is 1. The van der Waals surface area contributed by atoms with Gasteiger partial charge in [0.15, 0.2) is 0 Å². The number of aromatic nitrogens is 1. The van der Waals surface area contributed by atoms with Gasteiger partial charge in [-0.05, 0) is 46.8 Å². The Kier molecular flexibility index (Phi) is 3.82. The second-order valence-corrected chi connectivity index (χ2v) is 5.37. The zero-order valence-electron chi connectivity index (χ0n) is 9.56. The van der Waals surface area contributed by atoms with Crippen molar-refractivity contribution in [3.05, 3.63) is 22.8 Å². The second-order valence-electron chi connectivity index (χ2n) is 4.45. The summed E-state index contributed by atoms with van der Waals surface area (Å²) in [4.78, 5) is 6.81. The van der Waals surface area contributed by atoms with Crippen molar-refractivity contribution in [2.45, 2.75) is 25.8 Å². The third-order valence-electron chi connectivity index (χ3n) is 3.36. The van der Waals surface area contributed by atoms with Gasteiger partial charge >= 0.3 is 0 Å². The number of nitrogens with zero attached hydrogens (tertiary/aromatic N) is 2. The number of piperidine rings is 1. The van der Waals surface area contributed by atoms with Crippen LogP contribution in [0.1, 0.15) is 19.8 Å². The molecule has 2 N–H and O–H groups in total. The van der Waals surface area contributed by atoms with Crippen LogP contribution in [0.2, 0.25) is 0 Å². The third-order valence-corrected chi connectivity index (χ3v) is 3.83. The number of pyridine rings is 1. The van der Waals surface area contributed by atoms with Gasteiger partial charge < -0.3 is 10.6 Å². The zero-order valence-corrected chi connectivity index (χ0v) is 11.2. The van der Waals surface area contributed by atoms with E-state index < -0.39 is 0 Å². The van der Waals surface area contributed by atoms with Crippen LogP contribution in [0.4, 0.5) is 5.82 Å². The minimum Gasteiger partial charge on any atom is -0.352 e. The molecule has 1 fully saturated rings. The van der Waals surface area contributed by atoms with Gasteiger partial charge in [-0.3, -0.25) is 0 Å². The molecule has 0 spiro atoms. The molecule has 0 saturated carbocycles. The smallest absolute Gasteiger partial charge is 0.128 e. The summed E-state index contributed by atoms with van der Waals surface area (Å²) >= 11 is 3.41. The average molecular weight is 284 g/mol. The molecular formula is C12H18BrN3. The molecule has 3 nitrogen and oxygen atoms in total.